The molecule has 0 spiro atoms. The van der Waals surface area contributed by atoms with E-state index in [4.69, 9.17) is 4.74 Å². The Morgan fingerprint density at radius 2 is 2.03 bits per heavy atom. The van der Waals surface area contributed by atoms with E-state index in [1.165, 1.54) is 6.42 Å². The van der Waals surface area contributed by atoms with Crippen LogP contribution in [0, 0.1) is 0 Å². The molecule has 1 saturated heterocycles. The zero-order chi connectivity index (χ0) is 19.8. The van der Waals surface area contributed by atoms with Crippen molar-refractivity contribution < 1.29 is 9.84 Å². The topological polar surface area (TPSA) is 83.4 Å². The Labute approximate surface area is 169 Å². The van der Waals surface area contributed by atoms with Gasteiger partial charge in [-0.05, 0) is 57.5 Å². The Kier molecular flexibility index (Phi) is 4.67. The third kappa shape index (κ3) is 3.82. The fraction of sp³-hybridized carbons (Fsp3) is 0.409. The summed E-state index contributed by atoms with van der Waals surface area (Å²) in [6, 6.07) is 7.65. The van der Waals surface area contributed by atoms with Crippen LogP contribution in [0.25, 0.3) is 22.0 Å². The number of aromatic hydroxyl groups is 1. The average Bonchev–Trinajstić information content (AvgIpc) is 3.53. The molecule has 2 fully saturated rings. The summed E-state index contributed by atoms with van der Waals surface area (Å²) < 4.78 is 5.78. The van der Waals surface area contributed by atoms with Gasteiger partial charge in [-0.1, -0.05) is 0 Å². The van der Waals surface area contributed by atoms with Crippen LogP contribution in [0.1, 0.15) is 25.7 Å². The third-order valence-electron chi connectivity index (χ3n) is 5.60. The van der Waals surface area contributed by atoms with Crippen LogP contribution in [0.15, 0.2) is 36.7 Å². The van der Waals surface area contributed by atoms with Crippen molar-refractivity contribution in [2.75, 3.05) is 25.5 Å². The minimum Gasteiger partial charge on any atom is -0.507 e. The van der Waals surface area contributed by atoms with E-state index < -0.39 is 0 Å². The summed E-state index contributed by atoms with van der Waals surface area (Å²) in [5.41, 5.74) is 1.28. The summed E-state index contributed by atoms with van der Waals surface area (Å²) in [5.74, 6) is 1.57. The second-order valence-electron chi connectivity index (χ2n) is 8.06. The fourth-order valence-electron chi connectivity index (χ4n) is 3.94. The molecule has 3 heterocycles. The van der Waals surface area contributed by atoms with Crippen LogP contribution in [0.5, 0.6) is 11.5 Å². The normalized spacial score (nSPS) is 20.0. The molecule has 5 rings (SSSR count). The van der Waals surface area contributed by atoms with Gasteiger partial charge in [0.15, 0.2) is 5.82 Å². The first kappa shape index (κ1) is 18.1. The molecule has 0 amide bonds. The molecule has 0 radical (unpaired) electrons. The molecule has 1 aliphatic heterocycles. The van der Waals surface area contributed by atoms with Crippen LogP contribution in [0.3, 0.4) is 0 Å². The maximum absolute atomic E-state index is 10.6. The van der Waals surface area contributed by atoms with Crippen molar-refractivity contribution in [3.8, 4) is 22.8 Å². The first-order chi connectivity index (χ1) is 14.2. The Morgan fingerprint density at radius 3 is 2.83 bits per heavy atom. The van der Waals surface area contributed by atoms with E-state index in [1.54, 1.807) is 12.3 Å². The van der Waals surface area contributed by atoms with Crippen LogP contribution < -0.4 is 10.1 Å². The van der Waals surface area contributed by atoms with Crippen molar-refractivity contribution in [3.63, 3.8) is 0 Å². The highest BCUT2D eigenvalue weighted by Gasteiger charge is 2.24. The number of rotatable bonds is 5. The number of piperidine rings is 1. The molecule has 3 aromatic rings. The van der Waals surface area contributed by atoms with Gasteiger partial charge in [-0.2, -0.15) is 0 Å². The number of hydrogen-bond acceptors (Lipinski definition) is 7. The number of aromatic nitrogens is 3. The van der Waals surface area contributed by atoms with Gasteiger partial charge in [0.1, 0.15) is 17.2 Å². The number of phenols is 1. The van der Waals surface area contributed by atoms with Gasteiger partial charge in [0.2, 0.25) is 0 Å². The first-order valence-corrected chi connectivity index (χ1v) is 10.2. The predicted molar refractivity (Wildman–Crippen MR) is 112 cm³/mol. The predicted octanol–water partition coefficient (Wildman–Crippen LogP) is 3.44. The zero-order valence-corrected chi connectivity index (χ0v) is 16.5. The molecule has 1 saturated carbocycles. The second-order valence-corrected chi connectivity index (χ2v) is 8.06. The van der Waals surface area contributed by atoms with Gasteiger partial charge in [0, 0.05) is 47.4 Å². The van der Waals surface area contributed by atoms with Gasteiger partial charge in [-0.25, -0.2) is 0 Å². The van der Waals surface area contributed by atoms with Crippen molar-refractivity contribution >= 4 is 16.6 Å². The summed E-state index contributed by atoms with van der Waals surface area (Å²) in [6.07, 6.45) is 8.28. The molecule has 29 heavy (non-hydrogen) atoms. The van der Waals surface area contributed by atoms with E-state index in [9.17, 15) is 5.11 Å². The number of anilines is 1. The highest BCUT2D eigenvalue weighted by Crippen LogP contribution is 2.37. The summed E-state index contributed by atoms with van der Waals surface area (Å²) in [7, 11) is 2.14. The number of likely N-dealkylation sites (tertiary alicyclic amines) is 1. The number of nitrogens with one attached hydrogen (secondary N) is 1. The zero-order valence-electron chi connectivity index (χ0n) is 16.5. The van der Waals surface area contributed by atoms with E-state index in [0.717, 1.165) is 48.9 Å². The highest BCUT2D eigenvalue weighted by atomic mass is 16.5. The minimum absolute atomic E-state index is 0.144. The molecule has 1 aromatic carbocycles. The lowest BCUT2D eigenvalue weighted by molar-refractivity contribution is 0.261. The molecule has 2 N–H and O–H groups in total. The van der Waals surface area contributed by atoms with Crippen molar-refractivity contribution in [2.24, 2.45) is 0 Å². The lowest BCUT2D eigenvalue weighted by Crippen LogP contribution is -2.40. The third-order valence-corrected chi connectivity index (χ3v) is 5.60. The summed E-state index contributed by atoms with van der Waals surface area (Å²) in [6.45, 7) is 2.11. The maximum atomic E-state index is 10.6. The number of ether oxygens (including phenoxy) is 1. The van der Waals surface area contributed by atoms with Crippen LogP contribution >= 0.6 is 0 Å². The van der Waals surface area contributed by atoms with Gasteiger partial charge in [-0.15, -0.1) is 10.2 Å². The van der Waals surface area contributed by atoms with Crippen LogP contribution in [-0.4, -0.2) is 57.5 Å². The smallest absolute Gasteiger partial charge is 0.158 e. The quantitative estimate of drug-likeness (QED) is 0.689. The molecule has 0 bridgehead atoms. The lowest BCUT2D eigenvalue weighted by atomic mass is 10.0. The molecular weight excluding hydrogens is 366 g/mol. The standard InChI is InChI=1S/C22H25N5O2/c1-27-10-2-3-14(13-27)24-22-19-12-23-9-8-17(19)21(25-26-22)18-7-6-16(11-20(18)28)29-15-4-5-15/h6-9,11-12,14-15,28H,2-5,10,13H2,1H3,(H,24,26)/t14-/m1/s1. The Hall–Kier alpha value is -2.93. The number of benzene rings is 1. The van der Waals surface area contributed by atoms with E-state index in [2.05, 4.69) is 32.4 Å². The van der Waals surface area contributed by atoms with Crippen molar-refractivity contribution in [1.82, 2.24) is 20.1 Å². The number of likely N-dealkylation sites (N-methyl/N-ethyl adjacent to an activating group) is 1. The van der Waals surface area contributed by atoms with Gasteiger partial charge in [0.25, 0.3) is 0 Å². The van der Waals surface area contributed by atoms with Gasteiger partial charge >= 0.3 is 0 Å². The molecule has 1 atom stereocenters. The number of pyridine rings is 1. The first-order valence-electron chi connectivity index (χ1n) is 10.2. The summed E-state index contributed by atoms with van der Waals surface area (Å²) >= 11 is 0. The van der Waals surface area contributed by atoms with Gasteiger partial charge < -0.3 is 20.1 Å². The Bertz CT molecular complexity index is 1040. The minimum atomic E-state index is 0.144. The molecule has 7 nitrogen and oxygen atoms in total. The number of hydrogen-bond donors (Lipinski definition) is 2. The molecule has 7 heteroatoms. The van der Waals surface area contributed by atoms with Crippen molar-refractivity contribution in [1.29, 1.82) is 0 Å². The number of fused-ring (bicyclic) bond motifs is 1. The average molecular weight is 391 g/mol. The molecule has 1 aliphatic carbocycles. The molecular formula is C22H25N5O2. The van der Waals surface area contributed by atoms with Crippen LogP contribution in [-0.2, 0) is 0 Å². The lowest BCUT2D eigenvalue weighted by Gasteiger charge is -2.30. The SMILES string of the molecule is CN1CCC[C@@H](Nc2nnc(-c3ccc(OC4CC4)cc3O)c3ccncc23)C1. The van der Waals surface area contributed by atoms with Crippen LogP contribution in [0.2, 0.25) is 0 Å². The van der Waals surface area contributed by atoms with E-state index in [0.29, 0.717) is 23.0 Å². The monoisotopic (exact) mass is 391 g/mol. The van der Waals surface area contributed by atoms with Gasteiger partial charge in [-0.3, -0.25) is 4.98 Å². The Morgan fingerprint density at radius 1 is 1.14 bits per heavy atom. The number of phenolic OH excluding ortho intramolecular Hbond substituents is 1. The number of nitrogens with zero attached hydrogens (tertiary/aromatic N) is 4. The van der Waals surface area contributed by atoms with Crippen molar-refractivity contribution in [2.45, 2.75) is 37.8 Å². The van der Waals surface area contributed by atoms with E-state index in [-0.39, 0.29) is 11.9 Å². The maximum Gasteiger partial charge on any atom is 0.158 e. The second kappa shape index (κ2) is 7.48. The molecule has 150 valence electrons. The largest absolute Gasteiger partial charge is 0.507 e. The fourth-order valence-corrected chi connectivity index (χ4v) is 3.94. The highest BCUT2D eigenvalue weighted by molar-refractivity contribution is 6.00. The molecule has 2 aromatic heterocycles. The van der Waals surface area contributed by atoms with Crippen LogP contribution in [0.4, 0.5) is 5.82 Å². The van der Waals surface area contributed by atoms with E-state index >= 15 is 0 Å². The Balaban J connectivity index is 1.49. The molecule has 0 unspecified atom stereocenters. The van der Waals surface area contributed by atoms with Gasteiger partial charge in [0.05, 0.1) is 6.10 Å². The van der Waals surface area contributed by atoms with E-state index in [1.807, 2.05) is 24.4 Å². The van der Waals surface area contributed by atoms with Crippen molar-refractivity contribution in [3.05, 3.63) is 36.7 Å². The summed E-state index contributed by atoms with van der Waals surface area (Å²) in [5, 5.41) is 24.9. The molecule has 2 aliphatic rings. The summed E-state index contributed by atoms with van der Waals surface area (Å²) in [4.78, 5) is 6.62.